The van der Waals surface area contributed by atoms with Crippen molar-refractivity contribution in [3.63, 3.8) is 0 Å². The molecule has 1 N–H and O–H groups in total. The molecule has 1 aromatic carbocycles. The molecule has 3 amide bonds. The standard InChI is InChI=1S/C19H23F2N3O5/c1-22-17(26)14(7-9-25)23(2)18(27)24-8-3-4-13(11-24)12-5-6-15-16(10-12)29-19(20,21)28-15/h5-6,9-10,13-14H,3-4,7-8,11H2,1-2H3,(H,22,26). The van der Waals surface area contributed by atoms with Gasteiger partial charge in [-0.1, -0.05) is 6.07 Å². The highest BCUT2D eigenvalue weighted by molar-refractivity contribution is 5.88. The second-order valence-electron chi connectivity index (χ2n) is 7.08. The monoisotopic (exact) mass is 411 g/mol. The van der Waals surface area contributed by atoms with Crippen LogP contribution in [-0.2, 0) is 9.59 Å². The molecule has 0 radical (unpaired) electrons. The lowest BCUT2D eigenvalue weighted by atomic mass is 9.90. The minimum atomic E-state index is -3.67. The lowest BCUT2D eigenvalue weighted by Crippen LogP contribution is -2.53. The lowest BCUT2D eigenvalue weighted by molar-refractivity contribution is -0.286. The van der Waals surface area contributed by atoms with Gasteiger partial charge in [0.1, 0.15) is 12.3 Å². The van der Waals surface area contributed by atoms with Crippen molar-refractivity contribution in [3.05, 3.63) is 23.8 Å². The normalized spacial score (nSPS) is 20.7. The van der Waals surface area contributed by atoms with Crippen LogP contribution in [0.25, 0.3) is 0 Å². The Labute approximate surface area is 166 Å². The third-order valence-electron chi connectivity index (χ3n) is 5.23. The first-order valence-electron chi connectivity index (χ1n) is 9.32. The number of hydrogen-bond acceptors (Lipinski definition) is 5. The number of nitrogens with zero attached hydrogens (tertiary/aromatic N) is 2. The van der Waals surface area contributed by atoms with Crippen molar-refractivity contribution in [2.24, 2.45) is 0 Å². The molecule has 2 unspecified atom stereocenters. The highest BCUT2D eigenvalue weighted by Gasteiger charge is 2.43. The summed E-state index contributed by atoms with van der Waals surface area (Å²) in [5, 5.41) is 2.46. The number of carbonyl (C=O) groups excluding carboxylic acids is 3. The first-order valence-corrected chi connectivity index (χ1v) is 9.32. The zero-order chi connectivity index (χ0) is 21.2. The topological polar surface area (TPSA) is 88.2 Å². The molecule has 1 saturated heterocycles. The molecule has 2 aliphatic heterocycles. The van der Waals surface area contributed by atoms with Crippen molar-refractivity contribution < 1.29 is 32.6 Å². The van der Waals surface area contributed by atoms with E-state index in [4.69, 9.17) is 0 Å². The van der Waals surface area contributed by atoms with E-state index < -0.39 is 18.2 Å². The molecule has 0 aromatic heterocycles. The van der Waals surface area contributed by atoms with Gasteiger partial charge in [-0.25, -0.2) is 4.79 Å². The van der Waals surface area contributed by atoms with Gasteiger partial charge in [0.25, 0.3) is 0 Å². The van der Waals surface area contributed by atoms with E-state index in [0.717, 1.165) is 12.0 Å². The maximum absolute atomic E-state index is 13.2. The Morgan fingerprint density at radius 3 is 2.79 bits per heavy atom. The predicted octanol–water partition coefficient (Wildman–Crippen LogP) is 1.94. The van der Waals surface area contributed by atoms with Crippen LogP contribution in [0.2, 0.25) is 0 Å². The van der Waals surface area contributed by atoms with Crippen LogP contribution in [0.3, 0.4) is 0 Å². The van der Waals surface area contributed by atoms with Gasteiger partial charge >= 0.3 is 12.3 Å². The number of benzene rings is 1. The molecule has 2 heterocycles. The number of ether oxygens (including phenoxy) is 2. The molecule has 158 valence electrons. The van der Waals surface area contributed by atoms with E-state index in [1.807, 2.05) is 0 Å². The number of nitrogens with one attached hydrogen (secondary N) is 1. The summed E-state index contributed by atoms with van der Waals surface area (Å²) in [4.78, 5) is 38.7. The highest BCUT2D eigenvalue weighted by Crippen LogP contribution is 2.43. The first kappa shape index (κ1) is 20.8. The molecule has 0 saturated carbocycles. The van der Waals surface area contributed by atoms with E-state index in [1.54, 1.807) is 11.0 Å². The van der Waals surface area contributed by atoms with Gasteiger partial charge in [-0.2, -0.15) is 0 Å². The van der Waals surface area contributed by atoms with Crippen LogP contribution in [0.15, 0.2) is 18.2 Å². The Bertz CT molecular complexity index is 804. The number of likely N-dealkylation sites (N-methyl/N-ethyl adjacent to an activating group) is 2. The van der Waals surface area contributed by atoms with Crippen LogP contribution < -0.4 is 14.8 Å². The first-order chi connectivity index (χ1) is 13.8. The van der Waals surface area contributed by atoms with Crippen LogP contribution in [0, 0.1) is 0 Å². The second kappa shape index (κ2) is 8.22. The number of halogens is 2. The van der Waals surface area contributed by atoms with E-state index in [-0.39, 0.29) is 29.9 Å². The highest BCUT2D eigenvalue weighted by atomic mass is 19.3. The summed E-state index contributed by atoms with van der Waals surface area (Å²) in [6, 6.07) is 3.38. The summed E-state index contributed by atoms with van der Waals surface area (Å²) >= 11 is 0. The number of piperidine rings is 1. The quantitative estimate of drug-likeness (QED) is 0.749. The number of carbonyl (C=O) groups is 3. The fourth-order valence-corrected chi connectivity index (χ4v) is 3.70. The van der Waals surface area contributed by atoms with Crippen LogP contribution in [0.1, 0.15) is 30.7 Å². The number of rotatable bonds is 5. The minimum Gasteiger partial charge on any atom is -0.395 e. The van der Waals surface area contributed by atoms with Gasteiger partial charge in [0.15, 0.2) is 11.5 Å². The van der Waals surface area contributed by atoms with E-state index in [2.05, 4.69) is 14.8 Å². The fourth-order valence-electron chi connectivity index (χ4n) is 3.70. The molecule has 0 spiro atoms. The summed E-state index contributed by atoms with van der Waals surface area (Å²) in [5.74, 6) is -0.546. The number of fused-ring (bicyclic) bond motifs is 1. The van der Waals surface area contributed by atoms with Gasteiger partial charge in [-0.05, 0) is 30.5 Å². The Balaban J connectivity index is 1.71. The molecule has 8 nitrogen and oxygen atoms in total. The summed E-state index contributed by atoms with van der Waals surface area (Å²) in [6.45, 7) is 0.866. The smallest absolute Gasteiger partial charge is 0.395 e. The van der Waals surface area contributed by atoms with Gasteiger partial charge < -0.3 is 29.4 Å². The minimum absolute atomic E-state index is 0.0236. The van der Waals surface area contributed by atoms with E-state index in [0.29, 0.717) is 25.8 Å². The zero-order valence-electron chi connectivity index (χ0n) is 16.2. The predicted molar refractivity (Wildman–Crippen MR) is 97.9 cm³/mol. The average molecular weight is 411 g/mol. The zero-order valence-corrected chi connectivity index (χ0v) is 16.2. The third kappa shape index (κ3) is 4.41. The molecule has 0 aliphatic carbocycles. The van der Waals surface area contributed by atoms with Gasteiger partial charge in [0.05, 0.1) is 0 Å². The lowest BCUT2D eigenvalue weighted by Gasteiger charge is -2.37. The maximum atomic E-state index is 13.2. The summed E-state index contributed by atoms with van der Waals surface area (Å²) in [5.41, 5.74) is 0.765. The maximum Gasteiger partial charge on any atom is 0.586 e. The van der Waals surface area contributed by atoms with Gasteiger partial charge in [0, 0.05) is 39.5 Å². The molecule has 2 aliphatic rings. The van der Waals surface area contributed by atoms with E-state index >= 15 is 0 Å². The van der Waals surface area contributed by atoms with E-state index in [1.165, 1.54) is 31.1 Å². The molecule has 1 aromatic rings. The molecular formula is C19H23F2N3O5. The van der Waals surface area contributed by atoms with Crippen molar-refractivity contribution in [2.45, 2.75) is 37.5 Å². The molecule has 29 heavy (non-hydrogen) atoms. The van der Waals surface area contributed by atoms with Crippen molar-refractivity contribution in [1.82, 2.24) is 15.1 Å². The van der Waals surface area contributed by atoms with E-state index in [9.17, 15) is 23.2 Å². The Morgan fingerprint density at radius 1 is 1.38 bits per heavy atom. The van der Waals surface area contributed by atoms with Crippen molar-refractivity contribution in [1.29, 1.82) is 0 Å². The van der Waals surface area contributed by atoms with Crippen LogP contribution >= 0.6 is 0 Å². The Hall–Kier alpha value is -2.91. The molecule has 1 fully saturated rings. The van der Waals surface area contributed by atoms with Crippen LogP contribution in [0.5, 0.6) is 11.5 Å². The molecule has 3 rings (SSSR count). The summed E-state index contributed by atoms with van der Waals surface area (Å²) < 4.78 is 35.4. The van der Waals surface area contributed by atoms with Crippen LogP contribution in [0.4, 0.5) is 13.6 Å². The molecule has 2 atom stereocenters. The number of urea groups is 1. The van der Waals surface area contributed by atoms with Gasteiger partial charge in [-0.15, -0.1) is 8.78 Å². The molecule has 10 heteroatoms. The van der Waals surface area contributed by atoms with Gasteiger partial charge in [-0.3, -0.25) is 4.79 Å². The van der Waals surface area contributed by atoms with Crippen LogP contribution in [-0.4, -0.2) is 67.5 Å². The number of likely N-dealkylation sites (tertiary alicyclic amines) is 1. The van der Waals surface area contributed by atoms with Crippen molar-refractivity contribution in [2.75, 3.05) is 27.2 Å². The summed E-state index contributed by atoms with van der Waals surface area (Å²) in [7, 11) is 2.93. The Morgan fingerprint density at radius 2 is 2.10 bits per heavy atom. The SMILES string of the molecule is CNC(=O)C(CC=O)N(C)C(=O)N1CCCC(c2ccc3c(c2)OC(F)(F)O3)C1. The fraction of sp³-hybridized carbons (Fsp3) is 0.526. The van der Waals surface area contributed by atoms with Gasteiger partial charge in [0.2, 0.25) is 5.91 Å². The van der Waals surface area contributed by atoms with Crippen molar-refractivity contribution in [3.8, 4) is 11.5 Å². The number of alkyl halides is 2. The second-order valence-corrected chi connectivity index (χ2v) is 7.08. The van der Waals surface area contributed by atoms with Crippen molar-refractivity contribution >= 4 is 18.2 Å². The Kier molecular flexibility index (Phi) is 5.90. The molecule has 0 bridgehead atoms. The number of aldehydes is 1. The largest absolute Gasteiger partial charge is 0.586 e. The third-order valence-corrected chi connectivity index (χ3v) is 5.23. The summed E-state index contributed by atoms with van der Waals surface area (Å²) in [6.07, 6.45) is -1.68. The number of amides is 3. The average Bonchev–Trinajstić information content (AvgIpc) is 3.03. The molecular weight excluding hydrogens is 388 g/mol. The number of hydrogen-bond donors (Lipinski definition) is 1.